The van der Waals surface area contributed by atoms with Crippen LogP contribution in [-0.4, -0.2) is 7.38 Å². The summed E-state index contributed by atoms with van der Waals surface area (Å²) >= 11 is 6.71. The minimum atomic E-state index is -1.72. The van der Waals surface area contributed by atoms with Gasteiger partial charge in [-0.3, -0.25) is 0 Å². The number of allylic oxidation sites excluding steroid dienone is 4. The molecule has 0 aromatic rings. The summed E-state index contributed by atoms with van der Waals surface area (Å²) in [5.74, 6) is 0.657. The topological polar surface area (TPSA) is 0 Å². The van der Waals surface area contributed by atoms with Crippen molar-refractivity contribution in [2.45, 2.75) is 59.2 Å². The summed E-state index contributed by atoms with van der Waals surface area (Å²) < 4.78 is 0. The van der Waals surface area contributed by atoms with Crippen molar-refractivity contribution >= 4 is 18.5 Å². The molecule has 0 saturated heterocycles. The Kier molecular flexibility index (Phi) is 3.81. The van der Waals surface area contributed by atoms with Crippen LogP contribution in [0.1, 0.15) is 41.0 Å². The van der Waals surface area contributed by atoms with E-state index in [1.165, 1.54) is 23.1 Å². The van der Waals surface area contributed by atoms with Gasteiger partial charge in [0.15, 0.2) is 7.38 Å². The highest BCUT2D eigenvalue weighted by Gasteiger charge is 2.45. The summed E-state index contributed by atoms with van der Waals surface area (Å²) in [5, 5.41) is 0.136. The average Bonchev–Trinajstić information content (AvgIpc) is 2.42. The molecule has 0 amide bonds. The molecular weight excluding hydrogens is 232 g/mol. The minimum Gasteiger partial charge on any atom is -0.166 e. The Balaban J connectivity index is 3.25. The van der Waals surface area contributed by atoms with E-state index in [1.807, 2.05) is 0 Å². The number of halogens is 1. The maximum atomic E-state index is 6.71. The SMILES string of the molecule is CCC(C)C1=C[C@](C)([Si](C)(C)Cl)C(C)=C1C. The molecule has 0 fully saturated rings. The van der Waals surface area contributed by atoms with Gasteiger partial charge in [-0.1, -0.05) is 45.5 Å². The molecule has 0 nitrogen and oxygen atoms in total. The van der Waals surface area contributed by atoms with Crippen molar-refractivity contribution in [3.8, 4) is 0 Å². The Morgan fingerprint density at radius 1 is 1.38 bits per heavy atom. The molecule has 1 aliphatic carbocycles. The normalized spacial score (nSPS) is 28.4. The monoisotopic (exact) mass is 256 g/mol. The summed E-state index contributed by atoms with van der Waals surface area (Å²) in [6.07, 6.45) is 3.67. The van der Waals surface area contributed by atoms with E-state index in [2.05, 4.69) is 53.8 Å². The summed E-state index contributed by atoms with van der Waals surface area (Å²) in [6.45, 7) is 15.9. The quantitative estimate of drug-likeness (QED) is 0.461. The van der Waals surface area contributed by atoms with Crippen molar-refractivity contribution in [1.29, 1.82) is 0 Å². The largest absolute Gasteiger partial charge is 0.166 e. The lowest BCUT2D eigenvalue weighted by molar-refractivity contribution is 0.662. The van der Waals surface area contributed by atoms with Gasteiger partial charge in [-0.15, -0.1) is 0 Å². The van der Waals surface area contributed by atoms with Gasteiger partial charge < -0.3 is 0 Å². The lowest BCUT2D eigenvalue weighted by Gasteiger charge is -2.35. The molecule has 2 heteroatoms. The molecule has 92 valence electrons. The van der Waals surface area contributed by atoms with Crippen LogP contribution in [0.2, 0.25) is 18.1 Å². The average molecular weight is 257 g/mol. The molecule has 0 aromatic heterocycles. The Morgan fingerprint density at radius 3 is 2.19 bits per heavy atom. The van der Waals surface area contributed by atoms with Gasteiger partial charge in [0.2, 0.25) is 0 Å². The van der Waals surface area contributed by atoms with Gasteiger partial charge in [-0.05, 0) is 37.3 Å². The minimum absolute atomic E-state index is 0.136. The molecule has 0 heterocycles. The van der Waals surface area contributed by atoms with Crippen LogP contribution in [0, 0.1) is 5.92 Å². The predicted molar refractivity (Wildman–Crippen MR) is 77.6 cm³/mol. The summed E-state index contributed by atoms with van der Waals surface area (Å²) in [4.78, 5) is 0. The second-order valence-electron chi connectivity index (χ2n) is 5.83. The smallest absolute Gasteiger partial charge is 0.164 e. The summed E-state index contributed by atoms with van der Waals surface area (Å²) in [7, 11) is -1.72. The number of hydrogen-bond acceptors (Lipinski definition) is 0. The standard InChI is InChI=1S/C14H25ClSi/c1-8-10(2)13-9-14(5,16(6,7)15)12(4)11(13)3/h9-10H,8H2,1-7H3/t10?,14-/m0/s1. The highest BCUT2D eigenvalue weighted by Crippen LogP contribution is 2.55. The molecule has 2 atom stereocenters. The van der Waals surface area contributed by atoms with Gasteiger partial charge in [0.25, 0.3) is 0 Å². The van der Waals surface area contributed by atoms with Gasteiger partial charge in [0, 0.05) is 5.04 Å². The predicted octanol–water partition coefficient (Wildman–Crippen LogP) is 5.51. The van der Waals surface area contributed by atoms with Crippen LogP contribution in [0.4, 0.5) is 0 Å². The van der Waals surface area contributed by atoms with E-state index in [4.69, 9.17) is 11.1 Å². The zero-order valence-corrected chi connectivity index (χ0v) is 13.5. The van der Waals surface area contributed by atoms with Crippen LogP contribution in [0.5, 0.6) is 0 Å². The van der Waals surface area contributed by atoms with Gasteiger partial charge in [-0.2, -0.15) is 11.1 Å². The van der Waals surface area contributed by atoms with Crippen molar-refractivity contribution < 1.29 is 0 Å². The molecule has 0 aromatic carbocycles. The van der Waals surface area contributed by atoms with Crippen molar-refractivity contribution in [2.75, 3.05) is 0 Å². The third-order valence-electron chi connectivity index (χ3n) is 4.60. The molecule has 0 N–H and O–H groups in total. The van der Waals surface area contributed by atoms with E-state index in [0.717, 1.165) is 0 Å². The number of rotatable bonds is 3. The number of hydrogen-bond donors (Lipinski definition) is 0. The molecule has 0 aliphatic heterocycles. The molecule has 0 saturated carbocycles. The van der Waals surface area contributed by atoms with Crippen LogP contribution < -0.4 is 0 Å². The highest BCUT2D eigenvalue weighted by atomic mass is 35.6. The lowest BCUT2D eigenvalue weighted by atomic mass is 9.94. The molecule has 0 spiro atoms. The Bertz CT molecular complexity index is 346. The third-order valence-corrected chi connectivity index (χ3v) is 8.76. The summed E-state index contributed by atoms with van der Waals surface area (Å²) in [6, 6.07) is 0. The van der Waals surface area contributed by atoms with E-state index < -0.39 is 7.38 Å². The first-order chi connectivity index (χ1) is 7.15. The maximum Gasteiger partial charge on any atom is 0.164 e. The van der Waals surface area contributed by atoms with Crippen LogP contribution in [-0.2, 0) is 0 Å². The highest BCUT2D eigenvalue weighted by molar-refractivity contribution is 7.21. The fourth-order valence-corrected chi connectivity index (χ4v) is 4.65. The Morgan fingerprint density at radius 2 is 1.88 bits per heavy atom. The first-order valence-corrected chi connectivity index (χ1v) is 10.3. The van der Waals surface area contributed by atoms with Gasteiger partial charge >= 0.3 is 0 Å². The van der Waals surface area contributed by atoms with Crippen LogP contribution in [0.3, 0.4) is 0 Å². The van der Waals surface area contributed by atoms with E-state index in [9.17, 15) is 0 Å². The Hall–Kier alpha value is -0.0131. The van der Waals surface area contributed by atoms with Crippen LogP contribution >= 0.6 is 11.1 Å². The van der Waals surface area contributed by atoms with Gasteiger partial charge in [0.1, 0.15) is 0 Å². The van der Waals surface area contributed by atoms with Crippen LogP contribution in [0.25, 0.3) is 0 Å². The molecule has 1 unspecified atom stereocenters. The first-order valence-electron chi connectivity index (χ1n) is 6.25. The zero-order chi connectivity index (χ0) is 12.7. The van der Waals surface area contributed by atoms with Crippen LogP contribution in [0.15, 0.2) is 22.8 Å². The first kappa shape index (κ1) is 14.0. The molecule has 16 heavy (non-hydrogen) atoms. The van der Waals surface area contributed by atoms with Crippen molar-refractivity contribution in [2.24, 2.45) is 5.92 Å². The fraction of sp³-hybridized carbons (Fsp3) is 0.714. The van der Waals surface area contributed by atoms with Gasteiger partial charge in [0.05, 0.1) is 0 Å². The van der Waals surface area contributed by atoms with E-state index in [0.29, 0.717) is 5.92 Å². The molecule has 1 rings (SSSR count). The van der Waals surface area contributed by atoms with Crippen molar-refractivity contribution in [1.82, 2.24) is 0 Å². The molecule has 1 aliphatic rings. The van der Waals surface area contributed by atoms with Crippen molar-refractivity contribution in [3.63, 3.8) is 0 Å². The van der Waals surface area contributed by atoms with E-state index >= 15 is 0 Å². The zero-order valence-electron chi connectivity index (χ0n) is 11.7. The van der Waals surface area contributed by atoms with E-state index in [1.54, 1.807) is 0 Å². The van der Waals surface area contributed by atoms with Gasteiger partial charge in [-0.25, -0.2) is 0 Å². The lowest BCUT2D eigenvalue weighted by Crippen LogP contribution is -2.33. The second-order valence-corrected chi connectivity index (χ2v) is 12.7. The molecular formula is C14H25ClSi. The second kappa shape index (κ2) is 4.34. The fourth-order valence-electron chi connectivity index (χ4n) is 2.48. The summed E-state index contributed by atoms with van der Waals surface area (Å²) in [5.41, 5.74) is 4.51. The third kappa shape index (κ3) is 2.04. The molecule has 0 bridgehead atoms. The van der Waals surface area contributed by atoms with Crippen molar-refractivity contribution in [3.05, 3.63) is 22.8 Å². The Labute approximate surface area is 106 Å². The maximum absolute atomic E-state index is 6.71. The molecule has 0 radical (unpaired) electrons. The van der Waals surface area contributed by atoms with E-state index in [-0.39, 0.29) is 5.04 Å².